The Morgan fingerprint density at radius 3 is 2.73 bits per heavy atom. The number of carbonyl (C=O) groups excluding carboxylic acids is 1. The number of imidazole rings is 1. The highest BCUT2D eigenvalue weighted by Gasteiger charge is 2.44. The Hall–Kier alpha value is -3.32. The van der Waals surface area contributed by atoms with Crippen LogP contribution in [0, 0.1) is 11.7 Å². The SMILES string of the molecule is O=C(Nc1cn2cc(-c3c(Cl)c(F)c(C(O)C(F)(F)F)c4[nH]ncc34)ncc2n1)C1CC1F. The number of hydrogen-bond donors (Lipinski definition) is 3. The van der Waals surface area contributed by atoms with Crippen LogP contribution in [0.5, 0.6) is 0 Å². The van der Waals surface area contributed by atoms with Crippen molar-refractivity contribution in [3.05, 3.63) is 41.2 Å². The molecule has 3 aromatic heterocycles. The van der Waals surface area contributed by atoms with Crippen molar-refractivity contribution in [3.63, 3.8) is 0 Å². The summed E-state index contributed by atoms with van der Waals surface area (Å²) in [5.74, 6) is -2.57. The van der Waals surface area contributed by atoms with Crippen LogP contribution in [0.25, 0.3) is 27.8 Å². The monoisotopic (exact) mass is 486 g/mol. The molecule has 3 unspecified atom stereocenters. The number of fused-ring (bicyclic) bond motifs is 2. The molecule has 0 bridgehead atoms. The Labute approximate surface area is 185 Å². The second kappa shape index (κ2) is 7.35. The fourth-order valence-corrected chi connectivity index (χ4v) is 3.85. The number of amides is 1. The van der Waals surface area contributed by atoms with E-state index in [0.29, 0.717) is 0 Å². The molecule has 0 saturated heterocycles. The third kappa shape index (κ3) is 3.56. The van der Waals surface area contributed by atoms with Crippen molar-refractivity contribution >= 4 is 39.9 Å². The number of rotatable bonds is 4. The van der Waals surface area contributed by atoms with E-state index >= 15 is 0 Å². The quantitative estimate of drug-likeness (QED) is 0.378. The normalized spacial score (nSPS) is 19.2. The van der Waals surface area contributed by atoms with Crippen LogP contribution in [0.4, 0.5) is 27.8 Å². The lowest BCUT2D eigenvalue weighted by Crippen LogP contribution is -2.22. The van der Waals surface area contributed by atoms with Gasteiger partial charge in [-0.15, -0.1) is 0 Å². The van der Waals surface area contributed by atoms with Crippen molar-refractivity contribution in [1.82, 2.24) is 24.6 Å². The predicted molar refractivity (Wildman–Crippen MR) is 106 cm³/mol. The molecule has 0 spiro atoms. The topological polar surface area (TPSA) is 108 Å². The third-order valence-corrected chi connectivity index (χ3v) is 5.66. The predicted octanol–water partition coefficient (Wildman–Crippen LogP) is 3.96. The number of aromatic amines is 1. The first-order chi connectivity index (χ1) is 15.6. The number of anilines is 1. The van der Waals surface area contributed by atoms with Crippen molar-refractivity contribution in [2.45, 2.75) is 24.9 Å². The van der Waals surface area contributed by atoms with Crippen LogP contribution < -0.4 is 5.32 Å². The van der Waals surface area contributed by atoms with Crippen LogP contribution in [-0.2, 0) is 4.79 Å². The molecule has 1 aromatic carbocycles. The van der Waals surface area contributed by atoms with Crippen molar-refractivity contribution in [2.24, 2.45) is 5.92 Å². The Morgan fingerprint density at radius 2 is 2.06 bits per heavy atom. The molecule has 14 heteroatoms. The minimum absolute atomic E-state index is 0.00270. The fourth-order valence-electron chi connectivity index (χ4n) is 3.55. The van der Waals surface area contributed by atoms with Crippen molar-refractivity contribution < 1.29 is 31.9 Å². The lowest BCUT2D eigenvalue weighted by atomic mass is 9.99. The van der Waals surface area contributed by atoms with E-state index in [1.165, 1.54) is 23.0 Å². The first-order valence-electron chi connectivity index (χ1n) is 9.45. The summed E-state index contributed by atoms with van der Waals surface area (Å²) in [6, 6.07) is 0. The van der Waals surface area contributed by atoms with Crippen LogP contribution in [-0.4, -0.2) is 47.9 Å². The average molecular weight is 487 g/mol. The number of aliphatic hydroxyl groups is 1. The number of nitrogens with zero attached hydrogens (tertiary/aromatic N) is 4. The maximum absolute atomic E-state index is 14.9. The van der Waals surface area contributed by atoms with E-state index in [1.807, 2.05) is 0 Å². The van der Waals surface area contributed by atoms with Crippen LogP contribution >= 0.6 is 11.6 Å². The molecule has 3 atom stereocenters. The van der Waals surface area contributed by atoms with E-state index < -0.39 is 46.7 Å². The van der Waals surface area contributed by atoms with Crippen molar-refractivity contribution in [2.75, 3.05) is 5.32 Å². The minimum Gasteiger partial charge on any atom is -0.379 e. The van der Waals surface area contributed by atoms with Gasteiger partial charge in [-0.2, -0.15) is 18.3 Å². The maximum Gasteiger partial charge on any atom is 0.418 e. The zero-order valence-corrected chi connectivity index (χ0v) is 16.9. The number of aromatic nitrogens is 5. The Kier molecular flexibility index (Phi) is 4.79. The van der Waals surface area contributed by atoms with E-state index in [9.17, 15) is 31.9 Å². The van der Waals surface area contributed by atoms with Crippen LogP contribution in [0.2, 0.25) is 5.02 Å². The molecule has 0 aliphatic heterocycles. The largest absolute Gasteiger partial charge is 0.418 e. The Balaban J connectivity index is 1.59. The van der Waals surface area contributed by atoms with Gasteiger partial charge < -0.3 is 14.8 Å². The van der Waals surface area contributed by atoms with Crippen molar-refractivity contribution in [3.8, 4) is 11.3 Å². The smallest absolute Gasteiger partial charge is 0.379 e. The zero-order chi connectivity index (χ0) is 23.7. The standard InChI is InChI=1S/C19H12ClF5N6O2/c20-14-12(7-2-27-30-16(7)13(15(14)22)17(32)19(23,24)25)9-4-31-5-10(28-11(31)3-26-9)29-18(33)6-1-8(6)21/h2-6,8,17,32H,1H2,(H,27,30)(H,29,33). The number of H-pyrrole nitrogens is 1. The molecule has 0 radical (unpaired) electrons. The molecule has 1 aliphatic rings. The summed E-state index contributed by atoms with van der Waals surface area (Å²) >= 11 is 6.09. The Bertz CT molecular complexity index is 1420. The lowest BCUT2D eigenvalue weighted by Gasteiger charge is -2.18. The van der Waals surface area contributed by atoms with Gasteiger partial charge in [-0.3, -0.25) is 14.9 Å². The number of halogens is 6. The molecule has 33 heavy (non-hydrogen) atoms. The van der Waals surface area contributed by atoms with E-state index in [0.717, 1.165) is 6.20 Å². The molecule has 1 amide bonds. The first kappa shape index (κ1) is 21.5. The average Bonchev–Trinajstić information content (AvgIpc) is 3.11. The summed E-state index contributed by atoms with van der Waals surface area (Å²) in [6.07, 6.45) is -4.10. The second-order valence-electron chi connectivity index (χ2n) is 7.53. The van der Waals surface area contributed by atoms with Gasteiger partial charge in [-0.1, -0.05) is 11.6 Å². The number of nitrogens with one attached hydrogen (secondary N) is 2. The Morgan fingerprint density at radius 1 is 1.33 bits per heavy atom. The molecule has 1 aliphatic carbocycles. The molecule has 1 saturated carbocycles. The first-order valence-corrected chi connectivity index (χ1v) is 9.82. The molecule has 4 aromatic rings. The van der Waals surface area contributed by atoms with E-state index in [-0.39, 0.29) is 40.0 Å². The van der Waals surface area contributed by atoms with Gasteiger partial charge >= 0.3 is 6.18 Å². The minimum atomic E-state index is -5.14. The molecule has 8 nitrogen and oxygen atoms in total. The van der Waals surface area contributed by atoms with Gasteiger partial charge in [0.25, 0.3) is 0 Å². The number of benzene rings is 1. The molecular formula is C19H12ClF5N6O2. The van der Waals surface area contributed by atoms with E-state index in [2.05, 4.69) is 25.5 Å². The molecule has 3 N–H and O–H groups in total. The highest BCUT2D eigenvalue weighted by Crippen LogP contribution is 2.44. The number of alkyl halides is 4. The zero-order valence-electron chi connectivity index (χ0n) is 16.2. The van der Waals surface area contributed by atoms with Crippen LogP contribution in [0.15, 0.2) is 24.8 Å². The van der Waals surface area contributed by atoms with E-state index in [4.69, 9.17) is 11.6 Å². The summed E-state index contributed by atoms with van der Waals surface area (Å²) in [5.41, 5.74) is -1.18. The summed E-state index contributed by atoms with van der Waals surface area (Å²) < 4.78 is 68.7. The van der Waals surface area contributed by atoms with Gasteiger partial charge in [0.05, 0.1) is 46.3 Å². The molecule has 5 rings (SSSR count). The van der Waals surface area contributed by atoms with Gasteiger partial charge in [-0.05, 0) is 6.42 Å². The summed E-state index contributed by atoms with van der Waals surface area (Å²) in [6.45, 7) is 0. The second-order valence-corrected chi connectivity index (χ2v) is 7.91. The molecule has 1 fully saturated rings. The van der Waals surface area contributed by atoms with Gasteiger partial charge in [0.1, 0.15) is 6.17 Å². The lowest BCUT2D eigenvalue weighted by molar-refractivity contribution is -0.207. The van der Waals surface area contributed by atoms with Crippen molar-refractivity contribution in [1.29, 1.82) is 0 Å². The van der Waals surface area contributed by atoms with Crippen LogP contribution in [0.3, 0.4) is 0 Å². The van der Waals surface area contributed by atoms with Gasteiger partial charge in [0, 0.05) is 17.1 Å². The molecular weight excluding hydrogens is 475 g/mol. The molecule has 3 heterocycles. The number of carbonyl (C=O) groups is 1. The number of aliphatic hydroxyl groups excluding tert-OH is 1. The molecule has 172 valence electrons. The van der Waals surface area contributed by atoms with E-state index in [1.54, 1.807) is 0 Å². The summed E-state index contributed by atoms with van der Waals surface area (Å²) in [4.78, 5) is 20.2. The van der Waals surface area contributed by atoms with Gasteiger partial charge in [-0.25, -0.2) is 13.8 Å². The highest BCUT2D eigenvalue weighted by molar-refractivity contribution is 6.35. The van der Waals surface area contributed by atoms with Gasteiger partial charge in [0.2, 0.25) is 5.91 Å². The number of hydrogen-bond acceptors (Lipinski definition) is 5. The summed E-state index contributed by atoms with van der Waals surface area (Å²) in [7, 11) is 0. The third-order valence-electron chi connectivity index (χ3n) is 5.31. The van der Waals surface area contributed by atoms with Gasteiger partial charge in [0.15, 0.2) is 23.4 Å². The highest BCUT2D eigenvalue weighted by atomic mass is 35.5. The van der Waals surface area contributed by atoms with Crippen LogP contribution in [0.1, 0.15) is 18.1 Å². The maximum atomic E-state index is 14.9. The fraction of sp³-hybridized carbons (Fsp3) is 0.263. The summed E-state index contributed by atoms with van der Waals surface area (Å²) in [5, 5.41) is 17.4.